The molecule has 2 rings (SSSR count). The molecule has 2 heterocycles. The molecule has 1 amide bonds. The van der Waals surface area contributed by atoms with Crippen molar-refractivity contribution in [2.24, 2.45) is 7.05 Å². The van der Waals surface area contributed by atoms with Gasteiger partial charge in [-0.2, -0.15) is 0 Å². The van der Waals surface area contributed by atoms with Gasteiger partial charge in [0.15, 0.2) is 0 Å². The van der Waals surface area contributed by atoms with Crippen LogP contribution in [0, 0.1) is 6.92 Å². The number of hydrogen-bond donors (Lipinski definition) is 0. The first-order chi connectivity index (χ1) is 10.0. The van der Waals surface area contributed by atoms with E-state index < -0.39 is 0 Å². The third-order valence-electron chi connectivity index (χ3n) is 3.99. The molecule has 21 heavy (non-hydrogen) atoms. The number of allylic oxidation sites excluding steroid dienone is 1. The SMILES string of the molecule is CCC=CCC(=O)N1CCc2nc(C)n(C)c(=O)c2CC1. The lowest BCUT2D eigenvalue weighted by Crippen LogP contribution is -2.33. The predicted molar refractivity (Wildman–Crippen MR) is 82.3 cm³/mol. The summed E-state index contributed by atoms with van der Waals surface area (Å²) in [5, 5.41) is 0. The van der Waals surface area contributed by atoms with Crippen molar-refractivity contribution in [2.45, 2.75) is 39.5 Å². The highest BCUT2D eigenvalue weighted by molar-refractivity contribution is 5.77. The van der Waals surface area contributed by atoms with E-state index in [2.05, 4.69) is 4.98 Å². The van der Waals surface area contributed by atoms with Gasteiger partial charge in [-0.25, -0.2) is 4.98 Å². The van der Waals surface area contributed by atoms with E-state index in [-0.39, 0.29) is 11.5 Å². The molecule has 1 aliphatic rings. The van der Waals surface area contributed by atoms with Crippen LogP contribution in [0.15, 0.2) is 16.9 Å². The average Bonchev–Trinajstić information content (AvgIpc) is 2.68. The van der Waals surface area contributed by atoms with Crippen molar-refractivity contribution in [2.75, 3.05) is 13.1 Å². The summed E-state index contributed by atoms with van der Waals surface area (Å²) in [6, 6.07) is 0. The summed E-state index contributed by atoms with van der Waals surface area (Å²) in [7, 11) is 1.74. The lowest BCUT2D eigenvalue weighted by molar-refractivity contribution is -0.130. The second kappa shape index (κ2) is 6.70. The second-order valence-corrected chi connectivity index (χ2v) is 5.41. The maximum Gasteiger partial charge on any atom is 0.256 e. The fourth-order valence-electron chi connectivity index (χ4n) is 2.60. The Morgan fingerprint density at radius 2 is 2.00 bits per heavy atom. The molecule has 1 aliphatic heterocycles. The number of carbonyl (C=O) groups is 1. The molecule has 0 saturated carbocycles. The molecule has 5 nitrogen and oxygen atoms in total. The van der Waals surface area contributed by atoms with Crippen molar-refractivity contribution < 1.29 is 4.79 Å². The summed E-state index contributed by atoms with van der Waals surface area (Å²) in [5.41, 5.74) is 1.65. The Balaban J connectivity index is 2.14. The molecular formula is C16H23N3O2. The summed E-state index contributed by atoms with van der Waals surface area (Å²) in [6.07, 6.45) is 6.56. The van der Waals surface area contributed by atoms with Crippen molar-refractivity contribution >= 4 is 5.91 Å². The number of amides is 1. The van der Waals surface area contributed by atoms with Gasteiger partial charge in [0, 0.05) is 38.5 Å². The van der Waals surface area contributed by atoms with E-state index in [1.54, 1.807) is 11.6 Å². The Labute approximate surface area is 125 Å². The maximum absolute atomic E-state index is 12.3. The van der Waals surface area contributed by atoms with Crippen molar-refractivity contribution in [1.29, 1.82) is 0 Å². The van der Waals surface area contributed by atoms with E-state index in [4.69, 9.17) is 0 Å². The smallest absolute Gasteiger partial charge is 0.256 e. The Morgan fingerprint density at radius 3 is 2.71 bits per heavy atom. The summed E-state index contributed by atoms with van der Waals surface area (Å²) < 4.78 is 1.58. The fraction of sp³-hybridized carbons (Fsp3) is 0.562. The third kappa shape index (κ3) is 3.40. The molecule has 0 N–H and O–H groups in total. The Bertz CT molecular complexity index is 617. The van der Waals surface area contributed by atoms with Crippen LogP contribution in [0.25, 0.3) is 0 Å². The summed E-state index contributed by atoms with van der Waals surface area (Å²) >= 11 is 0. The zero-order valence-electron chi connectivity index (χ0n) is 13.1. The van der Waals surface area contributed by atoms with Gasteiger partial charge in [0.1, 0.15) is 5.82 Å². The van der Waals surface area contributed by atoms with Crippen LogP contribution in [-0.4, -0.2) is 33.4 Å². The first-order valence-electron chi connectivity index (χ1n) is 7.52. The van der Waals surface area contributed by atoms with Crippen LogP contribution in [0.5, 0.6) is 0 Å². The van der Waals surface area contributed by atoms with Crippen LogP contribution in [0.2, 0.25) is 0 Å². The van der Waals surface area contributed by atoms with Crippen molar-refractivity contribution in [3.8, 4) is 0 Å². The largest absolute Gasteiger partial charge is 0.342 e. The van der Waals surface area contributed by atoms with Gasteiger partial charge in [0.05, 0.1) is 5.69 Å². The minimum atomic E-state index is 0.0256. The monoisotopic (exact) mass is 289 g/mol. The van der Waals surface area contributed by atoms with E-state index in [1.807, 2.05) is 30.9 Å². The first kappa shape index (κ1) is 15.5. The molecule has 5 heteroatoms. The van der Waals surface area contributed by atoms with Gasteiger partial charge in [-0.1, -0.05) is 19.1 Å². The minimum absolute atomic E-state index is 0.0256. The van der Waals surface area contributed by atoms with Gasteiger partial charge in [-0.3, -0.25) is 14.2 Å². The van der Waals surface area contributed by atoms with E-state index in [9.17, 15) is 9.59 Å². The minimum Gasteiger partial charge on any atom is -0.342 e. The highest BCUT2D eigenvalue weighted by atomic mass is 16.2. The predicted octanol–water partition coefficient (Wildman–Crippen LogP) is 1.37. The molecule has 114 valence electrons. The van der Waals surface area contributed by atoms with E-state index >= 15 is 0 Å². The van der Waals surface area contributed by atoms with Crippen LogP contribution in [0.1, 0.15) is 36.8 Å². The van der Waals surface area contributed by atoms with Gasteiger partial charge in [0.25, 0.3) is 5.56 Å². The highest BCUT2D eigenvalue weighted by Gasteiger charge is 2.21. The van der Waals surface area contributed by atoms with Crippen molar-refractivity contribution in [3.05, 3.63) is 39.6 Å². The van der Waals surface area contributed by atoms with Crippen LogP contribution >= 0.6 is 0 Å². The third-order valence-corrected chi connectivity index (χ3v) is 3.99. The van der Waals surface area contributed by atoms with Gasteiger partial charge in [-0.05, 0) is 19.8 Å². The standard InChI is InChI=1S/C16H23N3O2/c1-4-5-6-7-15(20)19-10-8-13-14(9-11-19)17-12(2)18(3)16(13)21/h5-6H,4,7-11H2,1-3H3. The van der Waals surface area contributed by atoms with Crippen LogP contribution in [0.3, 0.4) is 0 Å². The summed E-state index contributed by atoms with van der Waals surface area (Å²) in [5.74, 6) is 0.852. The molecule has 0 aliphatic carbocycles. The molecule has 1 aromatic rings. The number of fused-ring (bicyclic) bond motifs is 1. The lowest BCUT2D eigenvalue weighted by Gasteiger charge is -2.19. The number of rotatable bonds is 3. The van der Waals surface area contributed by atoms with Crippen molar-refractivity contribution in [3.63, 3.8) is 0 Å². The Morgan fingerprint density at radius 1 is 1.29 bits per heavy atom. The first-order valence-corrected chi connectivity index (χ1v) is 7.52. The molecule has 0 radical (unpaired) electrons. The van der Waals surface area contributed by atoms with Crippen LogP contribution in [0.4, 0.5) is 0 Å². The quantitative estimate of drug-likeness (QED) is 0.790. The second-order valence-electron chi connectivity index (χ2n) is 5.41. The van der Waals surface area contributed by atoms with Gasteiger partial charge < -0.3 is 4.90 Å². The number of aromatic nitrogens is 2. The van der Waals surface area contributed by atoms with Gasteiger partial charge >= 0.3 is 0 Å². The van der Waals surface area contributed by atoms with Crippen molar-refractivity contribution in [1.82, 2.24) is 14.5 Å². The molecule has 0 bridgehead atoms. The Kier molecular flexibility index (Phi) is 4.94. The maximum atomic E-state index is 12.3. The molecule has 0 aromatic carbocycles. The van der Waals surface area contributed by atoms with Crippen LogP contribution in [-0.2, 0) is 24.7 Å². The molecule has 0 atom stereocenters. The number of nitrogens with zero attached hydrogens (tertiary/aromatic N) is 3. The van der Waals surface area contributed by atoms with E-state index in [0.29, 0.717) is 32.4 Å². The molecule has 0 spiro atoms. The Hall–Kier alpha value is -1.91. The molecule has 0 unspecified atom stereocenters. The van der Waals surface area contributed by atoms with Gasteiger partial charge in [-0.15, -0.1) is 0 Å². The number of aryl methyl sites for hydroxylation is 1. The summed E-state index contributed by atoms with van der Waals surface area (Å²) in [4.78, 5) is 30.8. The molecule has 0 saturated heterocycles. The summed E-state index contributed by atoms with van der Waals surface area (Å²) in [6.45, 7) is 5.13. The molecule has 1 aromatic heterocycles. The highest BCUT2D eigenvalue weighted by Crippen LogP contribution is 2.12. The van der Waals surface area contributed by atoms with Crippen LogP contribution < -0.4 is 5.56 Å². The van der Waals surface area contributed by atoms with E-state index in [1.165, 1.54) is 0 Å². The average molecular weight is 289 g/mol. The van der Waals surface area contributed by atoms with E-state index in [0.717, 1.165) is 23.5 Å². The zero-order chi connectivity index (χ0) is 15.4. The fourth-order valence-corrected chi connectivity index (χ4v) is 2.60. The number of carbonyl (C=O) groups excluding carboxylic acids is 1. The number of hydrogen-bond acceptors (Lipinski definition) is 3. The lowest BCUT2D eigenvalue weighted by atomic mass is 10.1. The zero-order valence-corrected chi connectivity index (χ0v) is 13.1. The normalized spacial score (nSPS) is 15.1. The van der Waals surface area contributed by atoms with Gasteiger partial charge in [0.2, 0.25) is 5.91 Å². The topological polar surface area (TPSA) is 55.2 Å². The molecular weight excluding hydrogens is 266 g/mol. The molecule has 0 fully saturated rings.